The molecule has 0 radical (unpaired) electrons. The fraction of sp³-hybridized carbons (Fsp3) is 0.889. The van der Waals surface area contributed by atoms with Crippen LogP contribution in [0.2, 0.25) is 0 Å². The average Bonchev–Trinajstić information content (AvgIpc) is 2.22. The number of nitrogens with two attached hydrogens (primary N) is 1. The lowest BCUT2D eigenvalue weighted by molar-refractivity contribution is 0.00877. The van der Waals surface area contributed by atoms with Gasteiger partial charge in [-0.15, -0.1) is 0 Å². The Labute approximate surface area is 87.8 Å². The highest BCUT2D eigenvalue weighted by atomic mass is 19.3. The van der Waals surface area contributed by atoms with Crippen molar-refractivity contribution in [2.45, 2.75) is 25.8 Å². The summed E-state index contributed by atoms with van der Waals surface area (Å²) in [4.78, 5) is 12.9. The molecule has 3 N–H and O–H groups in total. The van der Waals surface area contributed by atoms with Crippen LogP contribution in [0.25, 0.3) is 0 Å². The molecular weight excluding hydrogens is 204 g/mol. The first-order valence-corrected chi connectivity index (χ1v) is 5.00. The zero-order chi connectivity index (χ0) is 11.6. The monoisotopic (exact) mass is 221 g/mol. The number of nitrogens with zero attached hydrogens (tertiary/aromatic N) is 1. The molecule has 0 aliphatic carbocycles. The number of likely N-dealkylation sites (tertiary alicyclic amines) is 1. The van der Waals surface area contributed by atoms with E-state index in [0.717, 1.165) is 0 Å². The summed E-state index contributed by atoms with van der Waals surface area (Å²) in [6.07, 6.45) is 0. The molecule has 6 heteroatoms. The number of alkyl halides is 2. The van der Waals surface area contributed by atoms with Gasteiger partial charge in [0.2, 0.25) is 0 Å². The van der Waals surface area contributed by atoms with Gasteiger partial charge >= 0.3 is 6.03 Å². The van der Waals surface area contributed by atoms with Gasteiger partial charge in [0, 0.05) is 12.6 Å². The summed E-state index contributed by atoms with van der Waals surface area (Å²) in [5.41, 5.74) is 4.85. The SMILES string of the molecule is CC1CN(C(=O)NCC(F)(F)CN)C1C. The Morgan fingerprint density at radius 1 is 1.60 bits per heavy atom. The third kappa shape index (κ3) is 2.77. The largest absolute Gasteiger partial charge is 0.332 e. The second-order valence-corrected chi connectivity index (χ2v) is 4.09. The van der Waals surface area contributed by atoms with Crippen molar-refractivity contribution >= 4 is 6.03 Å². The number of amides is 2. The second kappa shape index (κ2) is 4.30. The quantitative estimate of drug-likeness (QED) is 0.734. The molecule has 2 unspecified atom stereocenters. The standard InChI is InChI=1S/C9H17F2N3O/c1-6-3-14(7(6)2)8(15)13-5-9(10,11)4-12/h6-7H,3-5,12H2,1-2H3,(H,13,15). The van der Waals surface area contributed by atoms with Gasteiger partial charge in [-0.2, -0.15) is 0 Å². The highest BCUT2D eigenvalue weighted by molar-refractivity contribution is 5.75. The normalized spacial score (nSPS) is 26.1. The molecule has 1 aliphatic heterocycles. The molecule has 0 bridgehead atoms. The van der Waals surface area contributed by atoms with E-state index in [-0.39, 0.29) is 6.04 Å². The van der Waals surface area contributed by atoms with E-state index >= 15 is 0 Å². The highest BCUT2D eigenvalue weighted by Crippen LogP contribution is 2.23. The predicted molar refractivity (Wildman–Crippen MR) is 52.7 cm³/mol. The predicted octanol–water partition coefficient (Wildman–Crippen LogP) is 0.630. The van der Waals surface area contributed by atoms with E-state index in [1.165, 1.54) is 4.90 Å². The molecule has 1 heterocycles. The third-order valence-corrected chi connectivity index (χ3v) is 2.86. The van der Waals surface area contributed by atoms with Gasteiger partial charge in [0.05, 0.1) is 13.1 Å². The van der Waals surface area contributed by atoms with E-state index in [4.69, 9.17) is 5.73 Å². The van der Waals surface area contributed by atoms with Gasteiger partial charge < -0.3 is 16.0 Å². The molecule has 1 fully saturated rings. The number of halogens is 2. The van der Waals surface area contributed by atoms with Crippen molar-refractivity contribution in [2.24, 2.45) is 11.7 Å². The van der Waals surface area contributed by atoms with E-state index in [0.29, 0.717) is 12.5 Å². The molecule has 0 saturated carbocycles. The van der Waals surface area contributed by atoms with Gasteiger partial charge in [-0.3, -0.25) is 0 Å². The molecule has 15 heavy (non-hydrogen) atoms. The second-order valence-electron chi connectivity index (χ2n) is 4.09. The lowest BCUT2D eigenvalue weighted by atomic mass is 9.93. The van der Waals surface area contributed by atoms with E-state index in [1.54, 1.807) is 0 Å². The molecule has 2 atom stereocenters. The first-order chi connectivity index (χ1) is 6.87. The Hall–Kier alpha value is -0.910. The van der Waals surface area contributed by atoms with E-state index in [2.05, 4.69) is 5.32 Å². The Kier molecular flexibility index (Phi) is 3.49. The minimum atomic E-state index is -3.02. The van der Waals surface area contributed by atoms with Crippen LogP contribution in [0.3, 0.4) is 0 Å². The number of hydrogen-bond acceptors (Lipinski definition) is 2. The number of urea groups is 1. The van der Waals surface area contributed by atoms with Gasteiger partial charge in [0.15, 0.2) is 0 Å². The van der Waals surface area contributed by atoms with Crippen molar-refractivity contribution in [3.8, 4) is 0 Å². The smallest absolute Gasteiger partial charge is 0.317 e. The number of hydrogen-bond donors (Lipinski definition) is 2. The summed E-state index contributed by atoms with van der Waals surface area (Å²) in [6.45, 7) is 3.10. The summed E-state index contributed by atoms with van der Waals surface area (Å²) < 4.78 is 25.4. The molecule has 88 valence electrons. The molecule has 1 aliphatic rings. The number of rotatable bonds is 3. The van der Waals surface area contributed by atoms with Gasteiger partial charge in [-0.25, -0.2) is 13.6 Å². The minimum absolute atomic E-state index is 0.122. The van der Waals surface area contributed by atoms with E-state index < -0.39 is 25.0 Å². The lowest BCUT2D eigenvalue weighted by Crippen LogP contribution is -2.60. The Morgan fingerprint density at radius 3 is 2.60 bits per heavy atom. The summed E-state index contributed by atoms with van der Waals surface area (Å²) >= 11 is 0. The third-order valence-electron chi connectivity index (χ3n) is 2.86. The maximum absolute atomic E-state index is 12.7. The van der Waals surface area contributed by atoms with Crippen molar-refractivity contribution in [3.63, 3.8) is 0 Å². The maximum atomic E-state index is 12.7. The highest BCUT2D eigenvalue weighted by Gasteiger charge is 2.36. The van der Waals surface area contributed by atoms with Crippen LogP contribution in [0.1, 0.15) is 13.8 Å². The Morgan fingerprint density at radius 2 is 2.20 bits per heavy atom. The summed E-state index contributed by atoms with van der Waals surface area (Å²) in [5, 5.41) is 2.18. The minimum Gasteiger partial charge on any atom is -0.332 e. The molecule has 0 spiro atoms. The lowest BCUT2D eigenvalue weighted by Gasteiger charge is -2.44. The van der Waals surface area contributed by atoms with Gasteiger partial charge in [0.1, 0.15) is 0 Å². The average molecular weight is 221 g/mol. The van der Waals surface area contributed by atoms with Gasteiger partial charge in [-0.1, -0.05) is 6.92 Å². The number of carbonyl (C=O) groups excluding carboxylic acids is 1. The zero-order valence-electron chi connectivity index (χ0n) is 8.96. The van der Waals surface area contributed by atoms with Gasteiger partial charge in [-0.05, 0) is 12.8 Å². The van der Waals surface area contributed by atoms with Crippen LogP contribution in [-0.4, -0.2) is 42.5 Å². The van der Waals surface area contributed by atoms with Crippen molar-refractivity contribution in [1.29, 1.82) is 0 Å². The fourth-order valence-electron chi connectivity index (χ4n) is 1.44. The summed E-state index contributed by atoms with van der Waals surface area (Å²) in [5.74, 6) is -2.58. The Bertz CT molecular complexity index is 248. The van der Waals surface area contributed by atoms with Crippen LogP contribution < -0.4 is 11.1 Å². The fourth-order valence-corrected chi connectivity index (χ4v) is 1.44. The van der Waals surface area contributed by atoms with Crippen LogP contribution in [0, 0.1) is 5.92 Å². The van der Waals surface area contributed by atoms with Crippen LogP contribution in [-0.2, 0) is 0 Å². The first kappa shape index (κ1) is 12.2. The number of nitrogens with one attached hydrogen (secondary N) is 1. The summed E-state index contributed by atoms with van der Waals surface area (Å²) in [7, 11) is 0. The number of carbonyl (C=O) groups is 1. The van der Waals surface area contributed by atoms with Gasteiger partial charge in [0.25, 0.3) is 5.92 Å². The van der Waals surface area contributed by atoms with E-state index in [1.807, 2.05) is 13.8 Å². The summed E-state index contributed by atoms with van der Waals surface area (Å²) in [6, 6.07) is -0.315. The molecule has 0 aromatic rings. The molecular formula is C9H17F2N3O. The topological polar surface area (TPSA) is 58.4 Å². The van der Waals surface area contributed by atoms with Crippen LogP contribution in [0.4, 0.5) is 13.6 Å². The molecule has 2 amide bonds. The van der Waals surface area contributed by atoms with Crippen molar-refractivity contribution in [1.82, 2.24) is 10.2 Å². The van der Waals surface area contributed by atoms with Crippen molar-refractivity contribution in [2.75, 3.05) is 19.6 Å². The molecule has 4 nitrogen and oxygen atoms in total. The van der Waals surface area contributed by atoms with Crippen LogP contribution in [0.15, 0.2) is 0 Å². The molecule has 0 aromatic heterocycles. The maximum Gasteiger partial charge on any atom is 0.317 e. The van der Waals surface area contributed by atoms with Crippen LogP contribution >= 0.6 is 0 Å². The van der Waals surface area contributed by atoms with Crippen LogP contribution in [0.5, 0.6) is 0 Å². The molecule has 1 saturated heterocycles. The zero-order valence-corrected chi connectivity index (χ0v) is 8.96. The first-order valence-electron chi connectivity index (χ1n) is 5.00. The van der Waals surface area contributed by atoms with Crippen molar-refractivity contribution < 1.29 is 13.6 Å². The van der Waals surface area contributed by atoms with E-state index in [9.17, 15) is 13.6 Å². The Balaban J connectivity index is 2.32. The molecule has 1 rings (SSSR count). The molecule has 0 aromatic carbocycles. The van der Waals surface area contributed by atoms with Crippen molar-refractivity contribution in [3.05, 3.63) is 0 Å².